The number of likely N-dealkylation sites (N-methyl/N-ethyl adjacent to an activating group) is 1. The first-order valence-electron chi connectivity index (χ1n) is 4.09. The Morgan fingerprint density at radius 2 is 2.17 bits per heavy atom. The van der Waals surface area contributed by atoms with E-state index in [1.807, 2.05) is 25.9 Å². The Labute approximate surface area is 79.1 Å². The predicted octanol–water partition coefficient (Wildman–Crippen LogP) is 0.682. The van der Waals surface area contributed by atoms with Crippen molar-refractivity contribution in [2.45, 2.75) is 19.4 Å². The maximum Gasteiger partial charge on any atom is 0.237 e. The minimum Gasteiger partial charge on any atom is -0.355 e. The van der Waals surface area contributed by atoms with Gasteiger partial charge in [0, 0.05) is 12.4 Å². The first-order chi connectivity index (χ1) is 5.59. The van der Waals surface area contributed by atoms with Crippen LogP contribution in [-0.4, -0.2) is 43.4 Å². The number of nitrogens with zero attached hydrogens (tertiary/aromatic N) is 1. The fourth-order valence-electron chi connectivity index (χ4n) is 0.661. The van der Waals surface area contributed by atoms with E-state index in [9.17, 15) is 4.79 Å². The average molecular weight is 193 g/mol. The number of alkyl halides is 1. The molecule has 1 atom stereocenters. The predicted molar refractivity (Wildman–Crippen MR) is 51.5 cm³/mol. The number of amides is 1. The molecule has 3 nitrogen and oxygen atoms in total. The van der Waals surface area contributed by atoms with Crippen LogP contribution in [0.2, 0.25) is 0 Å². The lowest BCUT2D eigenvalue weighted by Crippen LogP contribution is -2.41. The third-order valence-electron chi connectivity index (χ3n) is 1.76. The number of rotatable bonds is 5. The van der Waals surface area contributed by atoms with Crippen LogP contribution in [0.5, 0.6) is 0 Å². The van der Waals surface area contributed by atoms with Crippen molar-refractivity contribution in [3.63, 3.8) is 0 Å². The van der Waals surface area contributed by atoms with E-state index in [4.69, 9.17) is 11.6 Å². The van der Waals surface area contributed by atoms with Crippen LogP contribution in [-0.2, 0) is 4.79 Å². The van der Waals surface area contributed by atoms with Crippen LogP contribution in [0.25, 0.3) is 0 Å². The minimum absolute atomic E-state index is 0.0603. The molecule has 0 saturated carbocycles. The van der Waals surface area contributed by atoms with Crippen LogP contribution in [0.3, 0.4) is 0 Å². The molecule has 0 radical (unpaired) electrons. The summed E-state index contributed by atoms with van der Waals surface area (Å²) in [5.74, 6) is 0.654. The third kappa shape index (κ3) is 4.57. The van der Waals surface area contributed by atoms with Crippen molar-refractivity contribution in [2.75, 3.05) is 26.5 Å². The summed E-state index contributed by atoms with van der Waals surface area (Å²) in [6, 6.07) is -0.0691. The van der Waals surface area contributed by atoms with Gasteiger partial charge in [0.2, 0.25) is 5.91 Å². The van der Waals surface area contributed by atoms with Crippen molar-refractivity contribution in [1.29, 1.82) is 0 Å². The molecule has 4 heteroatoms. The zero-order valence-corrected chi connectivity index (χ0v) is 8.69. The highest BCUT2D eigenvalue weighted by Crippen LogP contribution is 1.91. The summed E-state index contributed by atoms with van der Waals surface area (Å²) in [7, 11) is 3.76. The molecule has 0 fully saturated rings. The summed E-state index contributed by atoms with van der Waals surface area (Å²) in [6.45, 7) is 2.54. The van der Waals surface area contributed by atoms with E-state index in [2.05, 4.69) is 5.32 Å². The molecule has 0 spiro atoms. The third-order valence-corrected chi connectivity index (χ3v) is 2.03. The van der Waals surface area contributed by atoms with Gasteiger partial charge in [0.15, 0.2) is 0 Å². The molecule has 0 heterocycles. The standard InChI is InChI=1S/C8H17ClN2O/c1-7(11(2)3)8(12)10-6-4-5-9/h7H,4-6H2,1-3H3,(H,10,12)/t7-/m1/s1. The molecular weight excluding hydrogens is 176 g/mol. The summed E-state index contributed by atoms with van der Waals surface area (Å²) in [4.78, 5) is 13.1. The highest BCUT2D eigenvalue weighted by atomic mass is 35.5. The maximum atomic E-state index is 11.3. The van der Waals surface area contributed by atoms with E-state index in [-0.39, 0.29) is 11.9 Å². The molecule has 0 unspecified atom stereocenters. The van der Waals surface area contributed by atoms with Crippen molar-refractivity contribution in [3.8, 4) is 0 Å². The quantitative estimate of drug-likeness (QED) is 0.514. The second kappa shape index (κ2) is 6.26. The molecular formula is C8H17ClN2O. The molecule has 0 aromatic carbocycles. The fourth-order valence-corrected chi connectivity index (χ4v) is 0.794. The van der Waals surface area contributed by atoms with Gasteiger partial charge in [-0.05, 0) is 27.4 Å². The monoisotopic (exact) mass is 192 g/mol. The number of carbonyl (C=O) groups is 1. The van der Waals surface area contributed by atoms with E-state index in [0.717, 1.165) is 6.42 Å². The van der Waals surface area contributed by atoms with Gasteiger partial charge in [-0.25, -0.2) is 0 Å². The van der Waals surface area contributed by atoms with Crippen LogP contribution in [0, 0.1) is 0 Å². The fraction of sp³-hybridized carbons (Fsp3) is 0.875. The molecule has 0 aliphatic carbocycles. The molecule has 12 heavy (non-hydrogen) atoms. The molecule has 0 rings (SSSR count). The average Bonchev–Trinajstić information content (AvgIpc) is 2.03. The van der Waals surface area contributed by atoms with E-state index >= 15 is 0 Å². The van der Waals surface area contributed by atoms with E-state index in [0.29, 0.717) is 12.4 Å². The molecule has 0 aliphatic rings. The van der Waals surface area contributed by atoms with Crippen LogP contribution in [0.4, 0.5) is 0 Å². The van der Waals surface area contributed by atoms with Gasteiger partial charge in [0.1, 0.15) is 0 Å². The normalized spacial score (nSPS) is 13.1. The Kier molecular flexibility index (Phi) is 6.11. The minimum atomic E-state index is -0.0691. The molecule has 72 valence electrons. The summed E-state index contributed by atoms with van der Waals surface area (Å²) < 4.78 is 0. The molecule has 0 saturated heterocycles. The Morgan fingerprint density at radius 3 is 2.58 bits per heavy atom. The molecule has 0 aliphatic heterocycles. The van der Waals surface area contributed by atoms with Crippen LogP contribution >= 0.6 is 11.6 Å². The smallest absolute Gasteiger partial charge is 0.237 e. The summed E-state index contributed by atoms with van der Waals surface area (Å²) >= 11 is 5.47. The van der Waals surface area contributed by atoms with Crippen molar-refractivity contribution >= 4 is 17.5 Å². The van der Waals surface area contributed by atoms with Crippen molar-refractivity contribution in [3.05, 3.63) is 0 Å². The van der Waals surface area contributed by atoms with Gasteiger partial charge < -0.3 is 5.32 Å². The second-order valence-electron chi connectivity index (χ2n) is 2.97. The summed E-state index contributed by atoms with van der Waals surface area (Å²) in [5, 5.41) is 2.80. The molecule has 1 amide bonds. The zero-order chi connectivity index (χ0) is 9.56. The van der Waals surface area contributed by atoms with Crippen molar-refractivity contribution in [2.24, 2.45) is 0 Å². The lowest BCUT2D eigenvalue weighted by atomic mass is 10.3. The van der Waals surface area contributed by atoms with E-state index in [1.54, 1.807) is 0 Å². The van der Waals surface area contributed by atoms with Crippen LogP contribution in [0.15, 0.2) is 0 Å². The molecule has 1 N–H and O–H groups in total. The molecule has 0 aromatic heterocycles. The van der Waals surface area contributed by atoms with Gasteiger partial charge in [0.25, 0.3) is 0 Å². The topological polar surface area (TPSA) is 32.3 Å². The molecule has 0 bridgehead atoms. The SMILES string of the molecule is C[C@H](C(=O)NCCCCl)N(C)C. The molecule has 0 aromatic rings. The van der Waals surface area contributed by atoms with Gasteiger partial charge >= 0.3 is 0 Å². The number of hydrogen-bond acceptors (Lipinski definition) is 2. The Morgan fingerprint density at radius 1 is 1.58 bits per heavy atom. The summed E-state index contributed by atoms with van der Waals surface area (Å²) in [5.41, 5.74) is 0. The lowest BCUT2D eigenvalue weighted by Gasteiger charge is -2.18. The van der Waals surface area contributed by atoms with E-state index < -0.39 is 0 Å². The first-order valence-corrected chi connectivity index (χ1v) is 4.63. The van der Waals surface area contributed by atoms with E-state index in [1.165, 1.54) is 0 Å². The maximum absolute atomic E-state index is 11.3. The van der Waals surface area contributed by atoms with Crippen molar-refractivity contribution in [1.82, 2.24) is 10.2 Å². The number of hydrogen-bond donors (Lipinski definition) is 1. The summed E-state index contributed by atoms with van der Waals surface area (Å²) in [6.07, 6.45) is 0.827. The number of halogens is 1. The van der Waals surface area contributed by atoms with Gasteiger partial charge in [-0.3, -0.25) is 9.69 Å². The van der Waals surface area contributed by atoms with Crippen molar-refractivity contribution < 1.29 is 4.79 Å². The first kappa shape index (κ1) is 11.7. The highest BCUT2D eigenvalue weighted by Gasteiger charge is 2.13. The second-order valence-corrected chi connectivity index (χ2v) is 3.35. The van der Waals surface area contributed by atoms with Gasteiger partial charge in [-0.2, -0.15) is 0 Å². The Bertz CT molecular complexity index is 139. The highest BCUT2D eigenvalue weighted by molar-refractivity contribution is 6.17. The van der Waals surface area contributed by atoms with Gasteiger partial charge in [-0.15, -0.1) is 11.6 Å². The number of carbonyl (C=O) groups excluding carboxylic acids is 1. The Balaban J connectivity index is 3.57. The largest absolute Gasteiger partial charge is 0.355 e. The Hall–Kier alpha value is -0.280. The van der Waals surface area contributed by atoms with Gasteiger partial charge in [0.05, 0.1) is 6.04 Å². The van der Waals surface area contributed by atoms with Crippen LogP contribution < -0.4 is 5.32 Å². The van der Waals surface area contributed by atoms with Gasteiger partial charge in [-0.1, -0.05) is 0 Å². The lowest BCUT2D eigenvalue weighted by molar-refractivity contribution is -0.124. The zero-order valence-electron chi connectivity index (χ0n) is 7.93. The number of nitrogens with one attached hydrogen (secondary N) is 1. The van der Waals surface area contributed by atoms with Crippen LogP contribution in [0.1, 0.15) is 13.3 Å².